The van der Waals surface area contributed by atoms with Crippen LogP contribution in [0.2, 0.25) is 0 Å². The molecule has 1 aromatic heterocycles. The number of nitrogens with zero attached hydrogens (tertiary/aromatic N) is 2. The monoisotopic (exact) mass is 184 g/mol. The van der Waals surface area contributed by atoms with Gasteiger partial charge in [-0.25, -0.2) is 0 Å². The molecule has 0 spiro atoms. The molecule has 0 amide bonds. The van der Waals surface area contributed by atoms with Gasteiger partial charge in [0.05, 0.1) is 12.2 Å². The summed E-state index contributed by atoms with van der Waals surface area (Å²) < 4.78 is 4.56. The molecule has 0 atom stereocenters. The molecule has 0 radical (unpaired) electrons. The number of aryl methyl sites for hydroxylation is 2. The summed E-state index contributed by atoms with van der Waals surface area (Å²) in [4.78, 5) is 0. The number of unbranched alkanes of at least 4 members (excludes halogenated alkanes) is 1. The van der Waals surface area contributed by atoms with Gasteiger partial charge in [-0.15, -0.1) is 4.68 Å². The lowest BCUT2D eigenvalue weighted by atomic mass is 10.3. The van der Waals surface area contributed by atoms with E-state index in [0.717, 1.165) is 6.54 Å². The zero-order valence-corrected chi connectivity index (χ0v) is 9.04. The molecule has 3 nitrogen and oxygen atoms in total. The van der Waals surface area contributed by atoms with Crippen LogP contribution in [0, 0.1) is 13.8 Å². The normalized spacial score (nSPS) is 9.85. The van der Waals surface area contributed by atoms with Gasteiger partial charge in [0.15, 0.2) is 7.05 Å². The Hall–Kier alpha value is -0.830. The third-order valence-corrected chi connectivity index (χ3v) is 2.42. The number of rotatable bonds is 3. The van der Waals surface area contributed by atoms with Gasteiger partial charge in [-0.2, -0.15) is 4.68 Å². The van der Waals surface area contributed by atoms with Crippen LogP contribution >= 0.6 is 0 Å². The molecule has 0 saturated heterocycles. The summed E-state index contributed by atoms with van der Waals surface area (Å²) in [7, 11) is 2.12. The first-order valence-corrected chi connectivity index (χ1v) is 4.70. The second kappa shape index (κ2) is 5.02. The van der Waals surface area contributed by atoms with Crippen molar-refractivity contribution in [1.29, 1.82) is 0 Å². The zero-order chi connectivity index (χ0) is 9.14. The van der Waals surface area contributed by atoms with Crippen LogP contribution in [0.4, 0.5) is 0 Å². The molecule has 1 N–H and O–H groups in total. The highest BCUT2D eigenvalue weighted by Gasteiger charge is 2.11. The van der Waals surface area contributed by atoms with Crippen molar-refractivity contribution in [2.24, 2.45) is 7.05 Å². The third-order valence-electron chi connectivity index (χ3n) is 2.42. The van der Waals surface area contributed by atoms with Crippen LogP contribution in [0.1, 0.15) is 31.2 Å². The van der Waals surface area contributed by atoms with E-state index in [4.69, 9.17) is 0 Å². The van der Waals surface area contributed by atoms with Gasteiger partial charge >= 0.3 is 0 Å². The maximum absolute atomic E-state index is 2.33. The lowest BCUT2D eigenvalue weighted by Gasteiger charge is -2.00. The fourth-order valence-corrected chi connectivity index (χ4v) is 1.53. The molecular formula is C10H20N2O. The summed E-state index contributed by atoms with van der Waals surface area (Å²) in [5, 5.41) is 0. The summed E-state index contributed by atoms with van der Waals surface area (Å²) in [6, 6.07) is 2.23. The van der Waals surface area contributed by atoms with Gasteiger partial charge in [0.25, 0.3) is 0 Å². The summed E-state index contributed by atoms with van der Waals surface area (Å²) in [5.74, 6) is 0. The van der Waals surface area contributed by atoms with Crippen molar-refractivity contribution >= 4 is 0 Å². The fourth-order valence-electron chi connectivity index (χ4n) is 1.53. The molecule has 0 fully saturated rings. The van der Waals surface area contributed by atoms with Gasteiger partial charge in [0, 0.05) is 13.0 Å². The van der Waals surface area contributed by atoms with Gasteiger partial charge in [-0.3, -0.25) is 0 Å². The smallest absolute Gasteiger partial charge is 0.204 e. The van der Waals surface area contributed by atoms with Crippen molar-refractivity contribution < 1.29 is 10.2 Å². The van der Waals surface area contributed by atoms with Crippen molar-refractivity contribution in [1.82, 2.24) is 4.68 Å². The van der Waals surface area contributed by atoms with E-state index in [1.807, 2.05) is 0 Å². The summed E-state index contributed by atoms with van der Waals surface area (Å²) in [6.45, 7) is 7.69. The van der Waals surface area contributed by atoms with Gasteiger partial charge in [-0.05, 0) is 13.3 Å². The molecule has 0 saturated carbocycles. The Bertz CT molecular complexity index is 266. The molecule has 76 valence electrons. The van der Waals surface area contributed by atoms with Crippen molar-refractivity contribution in [3.63, 3.8) is 0 Å². The first-order valence-electron chi connectivity index (χ1n) is 4.70. The van der Waals surface area contributed by atoms with Crippen LogP contribution in [0.3, 0.4) is 0 Å². The Balaban J connectivity index is 0.00000144. The Morgan fingerprint density at radius 2 is 2.00 bits per heavy atom. The van der Waals surface area contributed by atoms with Crippen LogP contribution in [0.15, 0.2) is 6.07 Å². The third kappa shape index (κ3) is 2.56. The van der Waals surface area contributed by atoms with Crippen LogP contribution in [-0.4, -0.2) is 10.2 Å². The highest BCUT2D eigenvalue weighted by Crippen LogP contribution is 2.01. The van der Waals surface area contributed by atoms with Gasteiger partial charge in [0.1, 0.15) is 0 Å². The van der Waals surface area contributed by atoms with E-state index < -0.39 is 0 Å². The second-order valence-electron chi connectivity index (χ2n) is 3.43. The summed E-state index contributed by atoms with van der Waals surface area (Å²) >= 11 is 0. The zero-order valence-electron chi connectivity index (χ0n) is 9.04. The molecule has 0 aliphatic heterocycles. The van der Waals surface area contributed by atoms with E-state index >= 15 is 0 Å². The molecule has 13 heavy (non-hydrogen) atoms. The largest absolute Gasteiger partial charge is 0.870 e. The predicted octanol–water partition coefficient (Wildman–Crippen LogP) is 1.55. The van der Waals surface area contributed by atoms with Crippen molar-refractivity contribution in [2.75, 3.05) is 0 Å². The van der Waals surface area contributed by atoms with Crippen LogP contribution in [-0.2, 0) is 13.6 Å². The summed E-state index contributed by atoms with van der Waals surface area (Å²) in [5.41, 5.74) is 2.70. The molecule has 0 bridgehead atoms. The van der Waals surface area contributed by atoms with E-state index in [2.05, 4.69) is 43.2 Å². The average molecular weight is 184 g/mol. The van der Waals surface area contributed by atoms with E-state index in [0.29, 0.717) is 0 Å². The molecule has 1 aromatic rings. The van der Waals surface area contributed by atoms with Crippen LogP contribution in [0.25, 0.3) is 0 Å². The molecule has 1 rings (SSSR count). The first kappa shape index (κ1) is 12.2. The molecule has 0 aliphatic carbocycles. The van der Waals surface area contributed by atoms with Crippen molar-refractivity contribution in [3.8, 4) is 0 Å². The van der Waals surface area contributed by atoms with E-state index in [1.165, 1.54) is 24.2 Å². The fraction of sp³-hybridized carbons (Fsp3) is 0.700. The summed E-state index contributed by atoms with van der Waals surface area (Å²) in [6.07, 6.45) is 2.53. The highest BCUT2D eigenvalue weighted by atomic mass is 16.0. The molecule has 0 aromatic carbocycles. The molecule has 1 heterocycles. The number of hydrogen-bond acceptors (Lipinski definition) is 1. The van der Waals surface area contributed by atoms with E-state index in [1.54, 1.807) is 0 Å². The van der Waals surface area contributed by atoms with Gasteiger partial charge < -0.3 is 5.48 Å². The lowest BCUT2D eigenvalue weighted by molar-refractivity contribution is -0.759. The molecule has 3 heteroatoms. The SMILES string of the molecule is CCCCn1c(C)cc(C)[n+]1C.[OH-]. The lowest BCUT2D eigenvalue weighted by Crippen LogP contribution is -2.41. The van der Waals surface area contributed by atoms with Crippen molar-refractivity contribution in [3.05, 3.63) is 17.5 Å². The van der Waals surface area contributed by atoms with Gasteiger partial charge in [-0.1, -0.05) is 13.3 Å². The maximum Gasteiger partial charge on any atom is 0.204 e. The minimum atomic E-state index is 0. The van der Waals surface area contributed by atoms with E-state index in [9.17, 15) is 0 Å². The Labute approximate surface area is 80.3 Å². The first-order chi connectivity index (χ1) is 5.66. The Morgan fingerprint density at radius 3 is 2.38 bits per heavy atom. The minimum Gasteiger partial charge on any atom is -0.870 e. The molecule has 0 unspecified atom stereocenters. The Morgan fingerprint density at radius 1 is 1.38 bits per heavy atom. The number of hydrogen-bond donors (Lipinski definition) is 0. The number of aromatic nitrogens is 2. The van der Waals surface area contributed by atoms with Crippen LogP contribution < -0.4 is 4.68 Å². The van der Waals surface area contributed by atoms with E-state index in [-0.39, 0.29) is 5.48 Å². The van der Waals surface area contributed by atoms with Gasteiger partial charge in [0.2, 0.25) is 5.69 Å². The minimum absolute atomic E-state index is 0. The predicted molar refractivity (Wildman–Crippen MR) is 51.9 cm³/mol. The second-order valence-corrected chi connectivity index (χ2v) is 3.43. The Kier molecular flexibility index (Phi) is 4.70. The topological polar surface area (TPSA) is 38.8 Å². The standard InChI is InChI=1S/C10H19N2.H2O/c1-5-6-7-12-10(3)8-9(2)11(12)4;/h8H,5-7H2,1-4H3;1H2/q+1;/p-1. The average Bonchev–Trinajstić information content (AvgIpc) is 2.25. The molecule has 0 aliphatic rings. The molecular weight excluding hydrogens is 164 g/mol. The van der Waals surface area contributed by atoms with Crippen LogP contribution in [0.5, 0.6) is 0 Å². The maximum atomic E-state index is 2.33. The highest BCUT2D eigenvalue weighted by molar-refractivity contribution is 5.01. The van der Waals surface area contributed by atoms with Crippen molar-refractivity contribution in [2.45, 2.75) is 40.2 Å². The quantitative estimate of drug-likeness (QED) is 0.657.